The van der Waals surface area contributed by atoms with Crippen LogP contribution in [0.3, 0.4) is 0 Å². The summed E-state index contributed by atoms with van der Waals surface area (Å²) in [5.41, 5.74) is 1.43. The van der Waals surface area contributed by atoms with Crippen LogP contribution in [0.25, 0.3) is 0 Å². The molecule has 1 aromatic rings. The minimum atomic E-state index is 1.06. The largest absolute Gasteiger partial charge is 0.355 e. The minimum absolute atomic E-state index is 1.06. The Morgan fingerprint density at radius 2 is 2.00 bits per heavy atom. The zero-order chi connectivity index (χ0) is 10.7. The van der Waals surface area contributed by atoms with Gasteiger partial charge in [-0.05, 0) is 26.0 Å². The Bertz CT molecular complexity index is 359. The molecule has 0 aliphatic carbocycles. The van der Waals surface area contributed by atoms with Crippen LogP contribution in [0.5, 0.6) is 0 Å². The molecule has 1 aliphatic heterocycles. The van der Waals surface area contributed by atoms with E-state index in [1.165, 1.54) is 15.5 Å². The zero-order valence-electron chi connectivity index (χ0n) is 9.06. The van der Waals surface area contributed by atoms with Gasteiger partial charge in [0.2, 0.25) is 0 Å². The number of rotatable bonds is 3. The molecule has 0 amide bonds. The molecule has 0 unspecified atom stereocenters. The second-order valence-corrected chi connectivity index (χ2v) is 5.72. The fourth-order valence-corrected chi connectivity index (χ4v) is 3.43. The summed E-state index contributed by atoms with van der Waals surface area (Å²) >= 11 is 3.84. The summed E-state index contributed by atoms with van der Waals surface area (Å²) in [5, 5.41) is 0. The summed E-state index contributed by atoms with van der Waals surface area (Å²) in [4.78, 5) is 5.24. The molecule has 0 radical (unpaired) electrons. The molecule has 15 heavy (non-hydrogen) atoms. The van der Waals surface area contributed by atoms with Crippen LogP contribution in [0.2, 0.25) is 0 Å². The molecule has 0 fully saturated rings. The van der Waals surface area contributed by atoms with E-state index >= 15 is 0 Å². The fourth-order valence-electron chi connectivity index (χ4n) is 1.40. The van der Waals surface area contributed by atoms with Crippen LogP contribution in [0, 0.1) is 0 Å². The molecule has 2 rings (SSSR count). The highest BCUT2D eigenvalue weighted by molar-refractivity contribution is 8.03. The molecule has 80 valence electrons. The first-order chi connectivity index (χ1) is 7.27. The Labute approximate surface area is 99.9 Å². The van der Waals surface area contributed by atoms with E-state index in [9.17, 15) is 0 Å². The maximum absolute atomic E-state index is 2.43. The van der Waals surface area contributed by atoms with E-state index in [0.29, 0.717) is 0 Å². The maximum atomic E-state index is 2.43. The molecule has 1 nitrogen and oxygen atoms in total. The molecule has 0 spiro atoms. The average Bonchev–Trinajstić information content (AvgIpc) is 2.59. The first-order valence-electron chi connectivity index (χ1n) is 5.00. The van der Waals surface area contributed by atoms with Crippen molar-refractivity contribution in [1.29, 1.82) is 0 Å². The van der Waals surface area contributed by atoms with Gasteiger partial charge in [0.1, 0.15) is 0 Å². The van der Waals surface area contributed by atoms with Gasteiger partial charge in [0.15, 0.2) is 0 Å². The van der Waals surface area contributed by atoms with Gasteiger partial charge >= 0.3 is 0 Å². The van der Waals surface area contributed by atoms with Gasteiger partial charge in [0.05, 0.1) is 11.8 Å². The standard InChI is InChI=1S/C12H15NS2/c1-10-11(2)14-8-13(10)9-15-12-6-4-3-5-7-12/h3-7H,8-9H2,1-2H3. The van der Waals surface area contributed by atoms with Crippen molar-refractivity contribution in [2.75, 3.05) is 11.8 Å². The van der Waals surface area contributed by atoms with Crippen LogP contribution >= 0.6 is 23.5 Å². The van der Waals surface area contributed by atoms with Gasteiger partial charge < -0.3 is 4.90 Å². The van der Waals surface area contributed by atoms with Crippen molar-refractivity contribution in [3.05, 3.63) is 40.9 Å². The van der Waals surface area contributed by atoms with E-state index in [2.05, 4.69) is 49.1 Å². The number of hydrogen-bond donors (Lipinski definition) is 0. The molecular formula is C12H15NS2. The molecule has 0 saturated carbocycles. The number of nitrogens with zero attached hydrogens (tertiary/aromatic N) is 1. The van der Waals surface area contributed by atoms with Crippen LogP contribution < -0.4 is 0 Å². The number of allylic oxidation sites excluding steroid dienone is 2. The van der Waals surface area contributed by atoms with Crippen molar-refractivity contribution in [3.63, 3.8) is 0 Å². The fraction of sp³-hybridized carbons (Fsp3) is 0.333. The molecule has 1 aromatic carbocycles. The summed E-state index contributed by atoms with van der Waals surface area (Å²) in [7, 11) is 0. The van der Waals surface area contributed by atoms with E-state index in [0.717, 1.165) is 11.8 Å². The Morgan fingerprint density at radius 1 is 1.27 bits per heavy atom. The van der Waals surface area contributed by atoms with Crippen molar-refractivity contribution < 1.29 is 0 Å². The quantitative estimate of drug-likeness (QED) is 0.732. The maximum Gasteiger partial charge on any atom is 0.0691 e. The third-order valence-corrected chi connectivity index (χ3v) is 4.77. The lowest BCUT2D eigenvalue weighted by atomic mass is 10.4. The van der Waals surface area contributed by atoms with Crippen LogP contribution in [0.1, 0.15) is 13.8 Å². The van der Waals surface area contributed by atoms with E-state index < -0.39 is 0 Å². The summed E-state index contributed by atoms with van der Waals surface area (Å²) in [6.45, 7) is 4.41. The van der Waals surface area contributed by atoms with Gasteiger partial charge in [-0.15, -0.1) is 23.5 Å². The number of hydrogen-bond acceptors (Lipinski definition) is 3. The van der Waals surface area contributed by atoms with Gasteiger partial charge in [-0.2, -0.15) is 0 Å². The van der Waals surface area contributed by atoms with E-state index in [1.807, 2.05) is 23.5 Å². The average molecular weight is 237 g/mol. The van der Waals surface area contributed by atoms with Crippen molar-refractivity contribution in [2.45, 2.75) is 18.7 Å². The second-order valence-electron chi connectivity index (χ2n) is 3.54. The molecule has 0 bridgehead atoms. The number of thioether (sulfide) groups is 2. The van der Waals surface area contributed by atoms with Crippen LogP contribution in [-0.4, -0.2) is 16.7 Å². The van der Waals surface area contributed by atoms with Crippen molar-refractivity contribution in [2.24, 2.45) is 0 Å². The van der Waals surface area contributed by atoms with Gasteiger partial charge in [-0.25, -0.2) is 0 Å². The predicted octanol–water partition coefficient (Wildman–Crippen LogP) is 3.99. The number of benzene rings is 1. The van der Waals surface area contributed by atoms with Gasteiger partial charge in [-0.3, -0.25) is 0 Å². The molecule has 3 heteroatoms. The molecule has 0 atom stereocenters. The van der Waals surface area contributed by atoms with Crippen molar-refractivity contribution >= 4 is 23.5 Å². The monoisotopic (exact) mass is 237 g/mol. The zero-order valence-corrected chi connectivity index (χ0v) is 10.7. The summed E-state index contributed by atoms with van der Waals surface area (Å²) in [6.07, 6.45) is 0. The summed E-state index contributed by atoms with van der Waals surface area (Å²) in [6, 6.07) is 10.6. The third-order valence-electron chi connectivity index (χ3n) is 2.55. The van der Waals surface area contributed by atoms with Crippen LogP contribution in [-0.2, 0) is 0 Å². The molecule has 1 heterocycles. The Hall–Kier alpha value is -0.540. The lowest BCUT2D eigenvalue weighted by molar-refractivity contribution is 0.483. The van der Waals surface area contributed by atoms with E-state index in [1.54, 1.807) is 0 Å². The molecule has 0 N–H and O–H groups in total. The first kappa shape index (κ1) is 11.0. The molecule has 0 aromatic heterocycles. The predicted molar refractivity (Wildman–Crippen MR) is 69.8 cm³/mol. The van der Waals surface area contributed by atoms with Gasteiger partial charge in [-0.1, -0.05) is 18.2 Å². The second kappa shape index (κ2) is 4.99. The smallest absolute Gasteiger partial charge is 0.0691 e. The lowest BCUT2D eigenvalue weighted by Gasteiger charge is -2.18. The summed E-state index contributed by atoms with van der Waals surface area (Å²) in [5.74, 6) is 2.16. The minimum Gasteiger partial charge on any atom is -0.355 e. The summed E-state index contributed by atoms with van der Waals surface area (Å²) < 4.78 is 0. The van der Waals surface area contributed by atoms with Crippen LogP contribution in [0.15, 0.2) is 45.8 Å². The Balaban J connectivity index is 1.90. The highest BCUT2D eigenvalue weighted by atomic mass is 32.2. The van der Waals surface area contributed by atoms with Crippen LogP contribution in [0.4, 0.5) is 0 Å². The van der Waals surface area contributed by atoms with E-state index in [-0.39, 0.29) is 0 Å². The molecular weight excluding hydrogens is 222 g/mol. The van der Waals surface area contributed by atoms with Crippen molar-refractivity contribution in [3.8, 4) is 0 Å². The highest BCUT2D eigenvalue weighted by Crippen LogP contribution is 2.33. The Morgan fingerprint density at radius 3 is 2.60 bits per heavy atom. The highest BCUT2D eigenvalue weighted by Gasteiger charge is 2.15. The SMILES string of the molecule is CC1=C(C)N(CSc2ccccc2)CS1. The van der Waals surface area contributed by atoms with E-state index in [4.69, 9.17) is 0 Å². The van der Waals surface area contributed by atoms with Gasteiger partial charge in [0, 0.05) is 15.5 Å². The third kappa shape index (κ3) is 2.73. The lowest BCUT2D eigenvalue weighted by Crippen LogP contribution is -2.16. The van der Waals surface area contributed by atoms with Crippen molar-refractivity contribution in [1.82, 2.24) is 4.90 Å². The molecule has 1 aliphatic rings. The topological polar surface area (TPSA) is 3.24 Å². The van der Waals surface area contributed by atoms with Gasteiger partial charge in [0.25, 0.3) is 0 Å². The molecule has 0 saturated heterocycles. The first-order valence-corrected chi connectivity index (χ1v) is 6.97. The Kier molecular flexibility index (Phi) is 3.65. The normalized spacial score (nSPS) is 16.3.